The minimum Gasteiger partial charge on any atom is -0.488 e. The van der Waals surface area contributed by atoms with Gasteiger partial charge in [0.05, 0.1) is 20.1 Å². The molecule has 0 saturated heterocycles. The number of halogens is 2. The molecule has 0 bridgehead atoms. The molecule has 0 aliphatic carbocycles. The summed E-state index contributed by atoms with van der Waals surface area (Å²) >= 11 is 7.47. The first-order chi connectivity index (χ1) is 32.1. The molecule has 14 heteroatoms. The lowest BCUT2D eigenvalue weighted by Crippen LogP contribution is -2.16. The molecule has 340 valence electrons. The number of benzene rings is 4. The van der Waals surface area contributed by atoms with Gasteiger partial charge in [0.2, 0.25) is 0 Å². The third-order valence-electron chi connectivity index (χ3n) is 10.9. The fourth-order valence-electron chi connectivity index (χ4n) is 7.18. The summed E-state index contributed by atoms with van der Waals surface area (Å²) in [6.07, 6.45) is 9.17. The quantitative estimate of drug-likeness (QED) is 0.0491. The van der Waals surface area contributed by atoms with E-state index < -0.39 is 5.97 Å². The van der Waals surface area contributed by atoms with Crippen LogP contribution in [0.3, 0.4) is 0 Å². The molecule has 66 heavy (non-hydrogen) atoms. The molecule has 0 saturated carbocycles. The highest BCUT2D eigenvalue weighted by Crippen LogP contribution is 2.37. The van der Waals surface area contributed by atoms with E-state index in [1.54, 1.807) is 24.5 Å². The third-order valence-corrected chi connectivity index (χ3v) is 12.1. The normalized spacial score (nSPS) is 10.8. The Morgan fingerprint density at radius 1 is 0.621 bits per heavy atom. The van der Waals surface area contributed by atoms with Crippen LogP contribution in [0.5, 0.6) is 23.0 Å². The molecule has 12 nitrogen and oxygen atoms in total. The number of hydrogen-bond acceptors (Lipinski definition) is 11. The summed E-state index contributed by atoms with van der Waals surface area (Å²) in [5.41, 5.74) is 10.7. The van der Waals surface area contributed by atoms with Crippen molar-refractivity contribution in [1.82, 2.24) is 20.6 Å². The minimum absolute atomic E-state index is 0.0828. The van der Waals surface area contributed by atoms with Crippen LogP contribution in [-0.4, -0.2) is 34.1 Å². The second-order valence-corrected chi connectivity index (χ2v) is 17.4. The number of carboxylic acids is 1. The molecule has 0 unspecified atom stereocenters. The number of carboxylic acid groups (broad SMARTS) is 1. The standard InChI is InChI=1S/C52H52Br2N6O6/c1-4-5-14-57-28-42-18-46(53)50(20-48(42)63-30-38-16-36(22-55)24-59-26-38)65-32-40-9-6-11-44(34(40)2)45-12-7-10-41(35(45)3)33-66-51-21-49(64-31-39-17-37(23-56)25-60-27-39)43(19-47(51)54)29-58-15-8-13-52(61)62/h6-7,9-12,16-21,24-27,57-58H,4-5,8,13-15,28-33H2,1-3H3,(H,61,62). The van der Waals surface area contributed by atoms with E-state index in [-0.39, 0.29) is 19.6 Å². The van der Waals surface area contributed by atoms with E-state index in [1.807, 2.05) is 30.3 Å². The summed E-state index contributed by atoms with van der Waals surface area (Å²) in [4.78, 5) is 19.4. The molecule has 4 aromatic carbocycles. The van der Waals surface area contributed by atoms with Crippen LogP contribution in [0, 0.1) is 36.5 Å². The van der Waals surface area contributed by atoms with Crippen molar-refractivity contribution in [3.05, 3.63) is 162 Å². The molecule has 6 rings (SSSR count). The number of hydrogen-bond donors (Lipinski definition) is 3. The molecule has 6 aromatic rings. The van der Waals surface area contributed by atoms with Crippen LogP contribution >= 0.6 is 31.9 Å². The summed E-state index contributed by atoms with van der Waals surface area (Å²) in [7, 11) is 0. The third kappa shape index (κ3) is 13.9. The molecule has 0 atom stereocenters. The van der Waals surface area contributed by atoms with Gasteiger partial charge in [-0.15, -0.1) is 0 Å². The second-order valence-electron chi connectivity index (χ2n) is 15.7. The van der Waals surface area contributed by atoms with Gasteiger partial charge in [-0.3, -0.25) is 14.8 Å². The van der Waals surface area contributed by atoms with Gasteiger partial charge in [0, 0.05) is 78.7 Å². The van der Waals surface area contributed by atoms with Crippen LogP contribution in [0.15, 0.2) is 107 Å². The Morgan fingerprint density at radius 3 is 1.52 bits per heavy atom. The summed E-state index contributed by atoms with van der Waals surface area (Å²) in [6.45, 7) is 9.95. The van der Waals surface area contributed by atoms with Gasteiger partial charge in [-0.2, -0.15) is 10.5 Å². The SMILES string of the molecule is CCCCNCc1cc(Br)c(OCc2cccc(-c3cccc(COc4cc(OCc5cncc(C#N)c5)c(CNCCCC(=O)O)cc4Br)c3C)c2C)cc1OCc1cncc(C#N)c1. The molecule has 2 heterocycles. The molecule has 0 spiro atoms. The van der Waals surface area contributed by atoms with Crippen molar-refractivity contribution < 1.29 is 28.8 Å². The van der Waals surface area contributed by atoms with Gasteiger partial charge in [-0.05, 0) is 129 Å². The van der Waals surface area contributed by atoms with E-state index in [4.69, 9.17) is 24.1 Å². The fraction of sp³-hybridized carbons (Fsp3) is 0.288. The van der Waals surface area contributed by atoms with Crippen molar-refractivity contribution >= 4 is 37.8 Å². The Balaban J connectivity index is 1.17. The number of unbranched alkanes of at least 4 members (excludes halogenated alkanes) is 1. The maximum absolute atomic E-state index is 11.0. The van der Waals surface area contributed by atoms with Crippen molar-refractivity contribution in [2.75, 3.05) is 13.1 Å². The van der Waals surface area contributed by atoms with Crippen molar-refractivity contribution in [2.24, 2.45) is 0 Å². The minimum atomic E-state index is -0.831. The summed E-state index contributed by atoms with van der Waals surface area (Å²) in [5, 5.41) is 34.6. The highest BCUT2D eigenvalue weighted by Gasteiger charge is 2.17. The first-order valence-corrected chi connectivity index (χ1v) is 23.3. The Labute approximate surface area is 403 Å². The fourth-order valence-corrected chi connectivity index (χ4v) is 8.19. The van der Waals surface area contributed by atoms with E-state index in [1.165, 1.54) is 12.4 Å². The molecule has 0 fully saturated rings. The Kier molecular flexibility index (Phi) is 18.5. The van der Waals surface area contributed by atoms with E-state index in [9.17, 15) is 15.3 Å². The molecular weight excluding hydrogens is 964 g/mol. The first-order valence-electron chi connectivity index (χ1n) is 21.7. The topological polar surface area (TPSA) is 172 Å². The second kappa shape index (κ2) is 24.8. The number of rotatable bonds is 24. The molecule has 3 N–H and O–H groups in total. The lowest BCUT2D eigenvalue weighted by atomic mass is 9.92. The molecule has 0 aliphatic rings. The molecule has 0 radical (unpaired) electrons. The predicted octanol–water partition coefficient (Wildman–Crippen LogP) is 11.2. The summed E-state index contributed by atoms with van der Waals surface area (Å²) < 4.78 is 27.2. The highest BCUT2D eigenvalue weighted by molar-refractivity contribution is 9.11. The Bertz CT molecular complexity index is 2720. The summed E-state index contributed by atoms with van der Waals surface area (Å²) in [5.74, 6) is 1.69. The van der Waals surface area contributed by atoms with Crippen LogP contribution in [0.1, 0.15) is 88.2 Å². The Hall–Kier alpha value is -6.29. The van der Waals surface area contributed by atoms with Crippen LogP contribution < -0.4 is 29.6 Å². The number of nitrogens with zero attached hydrogens (tertiary/aromatic N) is 4. The number of aliphatic carboxylic acids is 1. The molecule has 0 amide bonds. The lowest BCUT2D eigenvalue weighted by Gasteiger charge is -2.19. The highest BCUT2D eigenvalue weighted by atomic mass is 79.9. The van der Waals surface area contributed by atoms with Crippen LogP contribution in [0.2, 0.25) is 0 Å². The van der Waals surface area contributed by atoms with Crippen LogP contribution in [0.4, 0.5) is 0 Å². The van der Waals surface area contributed by atoms with Gasteiger partial charge in [0.1, 0.15) is 61.6 Å². The van der Waals surface area contributed by atoms with Gasteiger partial charge in [-0.25, -0.2) is 0 Å². The number of nitriles is 2. The van der Waals surface area contributed by atoms with Gasteiger partial charge < -0.3 is 34.7 Å². The smallest absolute Gasteiger partial charge is 0.303 e. The predicted molar refractivity (Wildman–Crippen MR) is 260 cm³/mol. The Morgan fingerprint density at radius 2 is 1.08 bits per heavy atom. The van der Waals surface area contributed by atoms with E-state index in [0.29, 0.717) is 73.4 Å². The van der Waals surface area contributed by atoms with E-state index >= 15 is 0 Å². The van der Waals surface area contributed by atoms with Gasteiger partial charge >= 0.3 is 5.97 Å². The first kappa shape index (κ1) is 49.2. The number of carbonyl (C=O) groups is 1. The van der Waals surface area contributed by atoms with Crippen molar-refractivity contribution in [3.8, 4) is 46.3 Å². The molecule has 0 aliphatic heterocycles. The van der Waals surface area contributed by atoms with E-state index in [2.05, 4.69) is 116 Å². The molecular formula is C52H52Br2N6O6. The number of ether oxygens (including phenoxy) is 4. The molecule has 2 aromatic heterocycles. The van der Waals surface area contributed by atoms with Gasteiger partial charge in [0.25, 0.3) is 0 Å². The number of pyridine rings is 2. The maximum Gasteiger partial charge on any atom is 0.303 e. The van der Waals surface area contributed by atoms with Crippen molar-refractivity contribution in [2.45, 2.75) is 86.0 Å². The average Bonchev–Trinajstić information content (AvgIpc) is 3.32. The van der Waals surface area contributed by atoms with Crippen molar-refractivity contribution in [3.63, 3.8) is 0 Å². The maximum atomic E-state index is 11.0. The van der Waals surface area contributed by atoms with Gasteiger partial charge in [-0.1, -0.05) is 49.7 Å². The zero-order chi connectivity index (χ0) is 46.8. The number of aromatic nitrogens is 2. The monoisotopic (exact) mass is 1010 g/mol. The average molecular weight is 1020 g/mol. The van der Waals surface area contributed by atoms with Crippen molar-refractivity contribution in [1.29, 1.82) is 10.5 Å². The van der Waals surface area contributed by atoms with Crippen LogP contribution in [0.25, 0.3) is 11.1 Å². The number of nitrogens with one attached hydrogen (secondary N) is 2. The lowest BCUT2D eigenvalue weighted by molar-refractivity contribution is -0.137. The zero-order valence-corrected chi connectivity index (χ0v) is 40.4. The summed E-state index contributed by atoms with van der Waals surface area (Å²) in [6, 6.07) is 28.0. The van der Waals surface area contributed by atoms with E-state index in [0.717, 1.165) is 84.0 Å². The van der Waals surface area contributed by atoms with Crippen LogP contribution in [-0.2, 0) is 44.3 Å². The zero-order valence-electron chi connectivity index (χ0n) is 37.3. The largest absolute Gasteiger partial charge is 0.488 e. The van der Waals surface area contributed by atoms with Gasteiger partial charge in [0.15, 0.2) is 0 Å².